The number of carbonyl (C=O) groups is 1. The summed E-state index contributed by atoms with van der Waals surface area (Å²) < 4.78 is 7.43. The molecule has 10 heteroatoms. The van der Waals surface area contributed by atoms with Gasteiger partial charge in [-0.2, -0.15) is 5.10 Å². The van der Waals surface area contributed by atoms with Gasteiger partial charge in [-0.25, -0.2) is 5.43 Å². The van der Waals surface area contributed by atoms with Crippen LogP contribution in [-0.4, -0.2) is 49.3 Å². The maximum Gasteiger partial charge on any atom is 0.250 e. The van der Waals surface area contributed by atoms with Gasteiger partial charge in [0, 0.05) is 29.2 Å². The van der Waals surface area contributed by atoms with Crippen LogP contribution in [0.4, 0.5) is 0 Å². The number of aromatic hydroxyl groups is 1. The van der Waals surface area contributed by atoms with Crippen molar-refractivity contribution < 1.29 is 14.6 Å². The number of hydrogen-bond acceptors (Lipinski definition) is 8. The van der Waals surface area contributed by atoms with Crippen molar-refractivity contribution in [1.29, 1.82) is 0 Å². The topological polar surface area (TPSA) is 115 Å². The summed E-state index contributed by atoms with van der Waals surface area (Å²) in [5.41, 5.74) is 5.35. The van der Waals surface area contributed by atoms with E-state index in [-0.39, 0.29) is 17.4 Å². The molecule has 0 unspecified atom stereocenters. The van der Waals surface area contributed by atoms with Gasteiger partial charge in [-0.05, 0) is 61.4 Å². The van der Waals surface area contributed by atoms with Gasteiger partial charge in [0.25, 0.3) is 5.91 Å². The number of pyridine rings is 1. The summed E-state index contributed by atoms with van der Waals surface area (Å²) in [6.07, 6.45) is 7.06. The lowest BCUT2D eigenvalue weighted by atomic mass is 10.1. The molecule has 2 aromatic carbocycles. The highest BCUT2D eigenvalue weighted by molar-refractivity contribution is 7.99. The molecule has 0 atom stereocenters. The number of aromatic nitrogens is 4. The van der Waals surface area contributed by atoms with Crippen molar-refractivity contribution in [2.24, 2.45) is 5.10 Å². The first kappa shape index (κ1) is 25.6. The van der Waals surface area contributed by atoms with Crippen LogP contribution in [0, 0.1) is 0 Å². The molecule has 0 saturated heterocycles. The predicted octanol–water partition coefficient (Wildman–Crippen LogP) is 4.40. The average molecular weight is 515 g/mol. The van der Waals surface area contributed by atoms with Crippen molar-refractivity contribution in [2.45, 2.75) is 18.5 Å². The van der Waals surface area contributed by atoms with Crippen molar-refractivity contribution >= 4 is 23.9 Å². The molecule has 0 aliphatic carbocycles. The Morgan fingerprint density at radius 3 is 2.76 bits per heavy atom. The van der Waals surface area contributed by atoms with Crippen LogP contribution in [0.25, 0.3) is 17.1 Å². The molecule has 2 aromatic heterocycles. The van der Waals surface area contributed by atoms with E-state index in [1.807, 2.05) is 60.0 Å². The normalized spacial score (nSPS) is 10.9. The maximum absolute atomic E-state index is 12.5. The van der Waals surface area contributed by atoms with Gasteiger partial charge < -0.3 is 9.84 Å². The minimum Gasteiger partial charge on any atom is -0.507 e. The van der Waals surface area contributed by atoms with Crippen molar-refractivity contribution in [3.8, 4) is 28.6 Å². The molecule has 37 heavy (non-hydrogen) atoms. The van der Waals surface area contributed by atoms with Crippen LogP contribution >= 0.6 is 11.8 Å². The molecule has 0 fully saturated rings. The fraction of sp³-hybridized carbons (Fsp3) is 0.148. The number of amides is 1. The molecule has 4 rings (SSSR count). The van der Waals surface area contributed by atoms with Crippen molar-refractivity contribution in [1.82, 2.24) is 25.2 Å². The van der Waals surface area contributed by atoms with Crippen LogP contribution in [0.3, 0.4) is 0 Å². The highest BCUT2D eigenvalue weighted by atomic mass is 32.2. The van der Waals surface area contributed by atoms with Gasteiger partial charge in [0.1, 0.15) is 11.5 Å². The minimum absolute atomic E-state index is 0.0576. The van der Waals surface area contributed by atoms with Crippen molar-refractivity contribution in [3.63, 3.8) is 0 Å². The van der Waals surface area contributed by atoms with E-state index in [1.54, 1.807) is 24.5 Å². The molecule has 0 spiro atoms. The minimum atomic E-state index is -0.327. The zero-order valence-electron chi connectivity index (χ0n) is 20.2. The smallest absolute Gasteiger partial charge is 0.250 e. The fourth-order valence-electron chi connectivity index (χ4n) is 3.51. The molecular weight excluding hydrogens is 488 g/mol. The number of thioether (sulfide) groups is 1. The molecule has 1 amide bonds. The number of rotatable bonds is 11. The largest absolute Gasteiger partial charge is 0.507 e. The zero-order valence-corrected chi connectivity index (χ0v) is 21.1. The Morgan fingerprint density at radius 2 is 2.03 bits per heavy atom. The molecule has 0 aliphatic heterocycles. The second-order valence-electron chi connectivity index (χ2n) is 7.74. The van der Waals surface area contributed by atoms with E-state index in [9.17, 15) is 9.90 Å². The average Bonchev–Trinajstić information content (AvgIpc) is 3.35. The molecule has 2 heterocycles. The zero-order chi connectivity index (χ0) is 26.0. The Hall–Kier alpha value is -4.44. The number of phenols is 1. The van der Waals surface area contributed by atoms with Gasteiger partial charge >= 0.3 is 0 Å². The summed E-state index contributed by atoms with van der Waals surface area (Å²) in [7, 11) is 0. The van der Waals surface area contributed by atoms with Gasteiger partial charge in [-0.3, -0.25) is 14.3 Å². The Morgan fingerprint density at radius 1 is 1.19 bits per heavy atom. The monoisotopic (exact) mass is 514 g/mol. The third kappa shape index (κ3) is 6.42. The fourth-order valence-corrected chi connectivity index (χ4v) is 4.25. The van der Waals surface area contributed by atoms with E-state index < -0.39 is 0 Å². The summed E-state index contributed by atoms with van der Waals surface area (Å²) in [6, 6.07) is 16.6. The molecule has 0 bridgehead atoms. The number of nitrogens with zero attached hydrogens (tertiary/aromatic N) is 5. The highest BCUT2D eigenvalue weighted by Crippen LogP contribution is 2.28. The molecule has 0 radical (unpaired) electrons. The van der Waals surface area contributed by atoms with E-state index in [0.717, 1.165) is 22.6 Å². The van der Waals surface area contributed by atoms with Crippen LogP contribution in [0.15, 0.2) is 89.9 Å². The third-order valence-corrected chi connectivity index (χ3v) is 6.13. The Bertz CT molecular complexity index is 1390. The van der Waals surface area contributed by atoms with Gasteiger partial charge in [0.05, 0.1) is 18.6 Å². The first-order valence-corrected chi connectivity index (χ1v) is 12.5. The highest BCUT2D eigenvalue weighted by Gasteiger charge is 2.17. The summed E-state index contributed by atoms with van der Waals surface area (Å²) in [5, 5.41) is 23.5. The Balaban J connectivity index is 1.49. The van der Waals surface area contributed by atoms with Gasteiger partial charge in [0.15, 0.2) is 11.0 Å². The first-order chi connectivity index (χ1) is 18.1. The number of carbonyl (C=O) groups excluding carboxylic acids is 1. The van der Waals surface area contributed by atoms with Gasteiger partial charge in [0.2, 0.25) is 0 Å². The number of nitrogens with one attached hydrogen (secondary N) is 1. The lowest BCUT2D eigenvalue weighted by Crippen LogP contribution is -2.20. The summed E-state index contributed by atoms with van der Waals surface area (Å²) in [5.74, 6) is 1.21. The van der Waals surface area contributed by atoms with E-state index in [2.05, 4.69) is 32.3 Å². The standard InChI is InChI=1S/C27H26N6O3S/c1-3-7-19-8-5-9-20(25(19)35)17-29-30-24(34)18-37-27-32-31-26(21-10-6-15-28-16-21)33(27)22-11-13-23(14-12-22)36-4-2/h3,5-6,8-17,35H,1,4,7,18H2,2H3,(H,30,34)/b29-17-. The van der Waals surface area contributed by atoms with E-state index in [4.69, 9.17) is 4.74 Å². The summed E-state index contributed by atoms with van der Waals surface area (Å²) >= 11 is 1.23. The summed E-state index contributed by atoms with van der Waals surface area (Å²) in [4.78, 5) is 16.7. The predicted molar refractivity (Wildman–Crippen MR) is 144 cm³/mol. The Kier molecular flexibility index (Phi) is 8.66. The van der Waals surface area contributed by atoms with Crippen molar-refractivity contribution in [3.05, 3.63) is 90.8 Å². The molecule has 9 nitrogen and oxygen atoms in total. The number of benzene rings is 2. The van der Waals surface area contributed by atoms with Crippen molar-refractivity contribution in [2.75, 3.05) is 12.4 Å². The number of phenolic OH excluding ortho intramolecular Hbond substituents is 1. The van der Waals surface area contributed by atoms with Crippen LogP contribution in [0.2, 0.25) is 0 Å². The Labute approximate surface area is 218 Å². The SMILES string of the molecule is C=CCc1cccc(/C=N\NC(=O)CSc2nnc(-c3cccnc3)n2-c2ccc(OCC)cc2)c1O. The lowest BCUT2D eigenvalue weighted by Gasteiger charge is -2.11. The van der Waals surface area contributed by atoms with Crippen LogP contribution in [-0.2, 0) is 11.2 Å². The van der Waals surface area contributed by atoms with Gasteiger partial charge in [-0.1, -0.05) is 30.0 Å². The third-order valence-electron chi connectivity index (χ3n) is 5.20. The molecule has 0 aliphatic rings. The van der Waals surface area contributed by atoms with Crippen LogP contribution in [0.5, 0.6) is 11.5 Å². The van der Waals surface area contributed by atoms with Crippen LogP contribution < -0.4 is 10.2 Å². The van der Waals surface area contributed by atoms with Crippen LogP contribution in [0.1, 0.15) is 18.1 Å². The number of allylic oxidation sites excluding steroid dienone is 1. The lowest BCUT2D eigenvalue weighted by molar-refractivity contribution is -0.118. The molecular formula is C27H26N6O3S. The van der Waals surface area contributed by atoms with E-state index >= 15 is 0 Å². The number of hydrazone groups is 1. The molecule has 188 valence electrons. The van der Waals surface area contributed by atoms with E-state index in [0.29, 0.717) is 29.6 Å². The molecule has 2 N–H and O–H groups in total. The molecule has 4 aromatic rings. The van der Waals surface area contributed by atoms with Gasteiger partial charge in [-0.15, -0.1) is 16.8 Å². The summed E-state index contributed by atoms with van der Waals surface area (Å²) in [6.45, 7) is 6.20. The second-order valence-corrected chi connectivity index (χ2v) is 8.68. The number of para-hydroxylation sites is 1. The quantitative estimate of drug-likeness (QED) is 0.132. The first-order valence-electron chi connectivity index (χ1n) is 11.6. The van der Waals surface area contributed by atoms with E-state index in [1.165, 1.54) is 18.0 Å². The second kappa shape index (κ2) is 12.5. The number of hydrogen-bond donors (Lipinski definition) is 2. The molecule has 0 saturated carbocycles. The maximum atomic E-state index is 12.5. The number of ether oxygens (including phenoxy) is 1.